The van der Waals surface area contributed by atoms with Gasteiger partial charge < -0.3 is 24.8 Å². The van der Waals surface area contributed by atoms with Gasteiger partial charge in [-0.05, 0) is 72.5 Å². The molecule has 0 radical (unpaired) electrons. The van der Waals surface area contributed by atoms with Crippen LogP contribution in [-0.4, -0.2) is 61.6 Å². The topological polar surface area (TPSA) is 130 Å². The highest BCUT2D eigenvalue weighted by atomic mass is 32.2. The lowest BCUT2D eigenvalue weighted by Gasteiger charge is -2.44. The van der Waals surface area contributed by atoms with Gasteiger partial charge in [0.25, 0.3) is 0 Å². The zero-order chi connectivity index (χ0) is 41.9. The van der Waals surface area contributed by atoms with Gasteiger partial charge in [-0.15, -0.1) is 0 Å². The molecule has 60 heavy (non-hydrogen) atoms. The van der Waals surface area contributed by atoms with Gasteiger partial charge in [-0.25, -0.2) is 8.42 Å². The minimum Gasteiger partial charge on any atom is -0.392 e. The molecule has 3 N–H and O–H groups in total. The van der Waals surface area contributed by atoms with Gasteiger partial charge in [0.1, 0.15) is 6.04 Å². The first-order chi connectivity index (χ1) is 29.1. The van der Waals surface area contributed by atoms with Gasteiger partial charge >= 0.3 is 0 Å². The summed E-state index contributed by atoms with van der Waals surface area (Å²) in [7, 11) is -1.87. The normalized spacial score (nSPS) is 18.5. The zero-order valence-electron chi connectivity index (χ0n) is 33.9. The van der Waals surface area contributed by atoms with Crippen LogP contribution in [0.4, 0.5) is 0 Å². The van der Waals surface area contributed by atoms with Crippen molar-refractivity contribution in [2.24, 2.45) is 0 Å². The molecule has 7 rings (SSSR count). The van der Waals surface area contributed by atoms with E-state index in [-0.39, 0.29) is 42.6 Å². The first-order valence-electron chi connectivity index (χ1n) is 20.3. The summed E-state index contributed by atoms with van der Waals surface area (Å²) in [6.07, 6.45) is 1.48. The van der Waals surface area contributed by atoms with Crippen LogP contribution < -0.4 is 10.0 Å². The fourth-order valence-electron chi connectivity index (χ4n) is 7.53. The number of carbonyl (C=O) groups excluding carboxylic acids is 1. The Balaban J connectivity index is 1.09. The first kappa shape index (κ1) is 42.6. The van der Waals surface area contributed by atoms with Gasteiger partial charge in [0.15, 0.2) is 6.29 Å². The molecule has 1 amide bonds. The number of ether oxygens (including phenoxy) is 2. The van der Waals surface area contributed by atoms with Crippen LogP contribution in [0.5, 0.6) is 0 Å². The van der Waals surface area contributed by atoms with E-state index in [9.17, 15) is 18.3 Å². The number of hydrogen-bond donors (Lipinski definition) is 3. The van der Waals surface area contributed by atoms with Crippen molar-refractivity contribution in [1.29, 1.82) is 0 Å². The number of pyridine rings is 1. The van der Waals surface area contributed by atoms with Crippen LogP contribution in [0.1, 0.15) is 62.9 Å². The van der Waals surface area contributed by atoms with Gasteiger partial charge in [0.2, 0.25) is 15.9 Å². The van der Waals surface area contributed by atoms with Crippen molar-refractivity contribution in [2.45, 2.75) is 68.3 Å². The molecule has 1 aromatic heterocycles. The van der Waals surface area contributed by atoms with Crippen molar-refractivity contribution >= 4 is 15.9 Å². The molecule has 1 aliphatic heterocycles. The lowest BCUT2D eigenvalue weighted by atomic mass is 9.83. The van der Waals surface area contributed by atoms with Crippen LogP contribution in [-0.2, 0) is 50.3 Å². The fourth-order valence-corrected chi connectivity index (χ4v) is 8.73. The Bertz CT molecular complexity index is 2370. The van der Waals surface area contributed by atoms with E-state index < -0.39 is 28.3 Å². The predicted molar refractivity (Wildman–Crippen MR) is 232 cm³/mol. The lowest BCUT2D eigenvalue weighted by molar-refractivity contribution is -0.263. The van der Waals surface area contributed by atoms with Crippen LogP contribution >= 0.6 is 0 Å². The van der Waals surface area contributed by atoms with Gasteiger partial charge in [0.05, 0.1) is 23.7 Å². The second kappa shape index (κ2) is 20.2. The van der Waals surface area contributed by atoms with E-state index in [2.05, 4.69) is 39.1 Å². The average molecular weight is 825 g/mol. The molecule has 0 bridgehead atoms. The van der Waals surface area contributed by atoms with Crippen molar-refractivity contribution in [3.63, 3.8) is 0 Å². The largest absolute Gasteiger partial charge is 0.392 e. The predicted octanol–water partition coefficient (Wildman–Crippen LogP) is 7.20. The number of aryl methyl sites for hydroxylation is 1. The molecule has 1 unspecified atom stereocenters. The summed E-state index contributed by atoms with van der Waals surface area (Å²) >= 11 is 0. The molecular weight excluding hydrogens is 773 g/mol. The molecule has 5 aromatic carbocycles. The SMILES string of the molecule is Cc1ccc(S(=O)(=O)N[C@H](Cc2ccccc2)C(=O)NCc2ccc(C3O[C@H](CN(C)CCc4ccccn4)[C@@H](c4ccccc4)[C@H](c4ccc(CO)cc4)O3)cc2)cc1. The Labute approximate surface area is 353 Å². The van der Waals surface area contributed by atoms with Crippen LogP contribution in [0.2, 0.25) is 0 Å². The number of aliphatic hydroxyl groups is 1. The van der Waals surface area contributed by atoms with Crippen LogP contribution in [0.3, 0.4) is 0 Å². The van der Waals surface area contributed by atoms with Gasteiger partial charge in [-0.3, -0.25) is 9.78 Å². The fraction of sp³-hybridized carbons (Fsp3) is 0.265. The molecule has 0 spiro atoms. The summed E-state index contributed by atoms with van der Waals surface area (Å²) in [6.45, 7) is 3.45. The van der Waals surface area contributed by atoms with E-state index in [4.69, 9.17) is 9.47 Å². The number of amides is 1. The maximum atomic E-state index is 13.7. The van der Waals surface area contributed by atoms with Crippen molar-refractivity contribution < 1.29 is 27.8 Å². The summed E-state index contributed by atoms with van der Waals surface area (Å²) < 4.78 is 43.3. The molecule has 1 fully saturated rings. The highest BCUT2D eigenvalue weighted by molar-refractivity contribution is 7.89. The zero-order valence-corrected chi connectivity index (χ0v) is 34.7. The summed E-state index contributed by atoms with van der Waals surface area (Å²) in [4.78, 5) is 20.6. The number of nitrogens with one attached hydrogen (secondary N) is 2. The number of sulfonamides is 1. The minimum absolute atomic E-state index is 0.0487. The summed E-state index contributed by atoms with van der Waals surface area (Å²) in [6, 6.07) is 46.8. The number of aliphatic hydroxyl groups excluding tert-OH is 1. The number of hydrogen-bond acceptors (Lipinski definition) is 8. The number of benzene rings is 5. The van der Waals surface area contributed by atoms with Crippen LogP contribution in [0, 0.1) is 6.92 Å². The molecule has 2 heterocycles. The molecule has 1 saturated heterocycles. The maximum absolute atomic E-state index is 13.7. The van der Waals surface area contributed by atoms with E-state index in [0.29, 0.717) is 6.54 Å². The van der Waals surface area contributed by atoms with Gasteiger partial charge in [0, 0.05) is 49.4 Å². The average Bonchev–Trinajstić information content (AvgIpc) is 3.28. The second-order valence-electron chi connectivity index (χ2n) is 15.4. The van der Waals surface area contributed by atoms with E-state index >= 15 is 0 Å². The molecule has 0 aliphatic carbocycles. The number of nitrogens with zero attached hydrogens (tertiary/aromatic N) is 2. The lowest BCUT2D eigenvalue weighted by Crippen LogP contribution is -2.47. The standard InChI is InChI=1S/C49H52N4O6S/c1-35-16-26-43(27-17-35)60(56,57)52-44(31-36-11-5-3-6-12-36)48(55)51-32-37-18-24-41(25-19-37)49-58-45(33-53(2)30-28-42-15-9-10-29-50-42)46(39-13-7-4-8-14-39)47(59-49)40-22-20-38(34-54)21-23-40/h3-27,29,44-47,49,52,54H,28,30-34H2,1-2H3,(H,51,55)/t44-,45-,46-,47+,49?/m1/s1. The van der Waals surface area contributed by atoms with Crippen molar-refractivity contribution in [1.82, 2.24) is 19.9 Å². The second-order valence-corrected chi connectivity index (χ2v) is 17.1. The molecule has 310 valence electrons. The summed E-state index contributed by atoms with van der Waals surface area (Å²) in [5.74, 6) is -0.573. The number of carbonyl (C=O) groups is 1. The van der Waals surface area contributed by atoms with Crippen LogP contribution in [0.25, 0.3) is 0 Å². The Morgan fingerprint density at radius 3 is 2.07 bits per heavy atom. The first-order valence-corrected chi connectivity index (χ1v) is 21.8. The van der Waals surface area contributed by atoms with E-state index in [1.165, 1.54) is 12.1 Å². The third-order valence-electron chi connectivity index (χ3n) is 10.9. The van der Waals surface area contributed by atoms with E-state index in [1.807, 2.05) is 128 Å². The summed E-state index contributed by atoms with van der Waals surface area (Å²) in [5, 5.41) is 12.8. The minimum atomic E-state index is -3.98. The van der Waals surface area contributed by atoms with E-state index in [0.717, 1.165) is 57.6 Å². The number of rotatable bonds is 17. The van der Waals surface area contributed by atoms with Crippen molar-refractivity contribution in [2.75, 3.05) is 20.1 Å². The Hall–Kier alpha value is -5.53. The Morgan fingerprint density at radius 2 is 1.40 bits per heavy atom. The highest BCUT2D eigenvalue weighted by Crippen LogP contribution is 2.47. The third-order valence-corrected chi connectivity index (χ3v) is 12.4. The molecule has 11 heteroatoms. The Morgan fingerprint density at radius 1 is 0.750 bits per heavy atom. The number of aromatic nitrogens is 1. The summed E-state index contributed by atoms with van der Waals surface area (Å²) in [5.41, 5.74) is 7.35. The Kier molecular flexibility index (Phi) is 14.3. The molecule has 10 nitrogen and oxygen atoms in total. The van der Waals surface area contributed by atoms with Crippen molar-refractivity contribution in [3.05, 3.63) is 202 Å². The quantitative estimate of drug-likeness (QED) is 0.0881. The highest BCUT2D eigenvalue weighted by Gasteiger charge is 2.42. The number of likely N-dealkylation sites (N-methyl/N-ethyl adjacent to an activating group) is 1. The molecular formula is C49H52N4O6S. The van der Waals surface area contributed by atoms with Crippen LogP contribution in [0.15, 0.2) is 163 Å². The third kappa shape index (κ3) is 11.2. The molecule has 0 saturated carbocycles. The van der Waals surface area contributed by atoms with Gasteiger partial charge in [-0.2, -0.15) is 4.72 Å². The maximum Gasteiger partial charge on any atom is 0.241 e. The monoisotopic (exact) mass is 824 g/mol. The van der Waals surface area contributed by atoms with E-state index in [1.54, 1.807) is 12.1 Å². The molecule has 5 atom stereocenters. The van der Waals surface area contributed by atoms with Crippen molar-refractivity contribution in [3.8, 4) is 0 Å². The molecule has 1 aliphatic rings. The van der Waals surface area contributed by atoms with Gasteiger partial charge in [-0.1, -0.05) is 133 Å². The molecule has 6 aromatic rings. The smallest absolute Gasteiger partial charge is 0.241 e.